The summed E-state index contributed by atoms with van der Waals surface area (Å²) in [6.45, 7) is 1.95. The predicted molar refractivity (Wildman–Crippen MR) is 110 cm³/mol. The van der Waals surface area contributed by atoms with Gasteiger partial charge in [-0.15, -0.1) is 0 Å². The fourth-order valence-electron chi connectivity index (χ4n) is 3.77. The minimum atomic E-state index is -0.801. The fourth-order valence-corrected chi connectivity index (χ4v) is 3.77. The molecule has 0 aliphatic carbocycles. The maximum atomic E-state index is 13.5. The van der Waals surface area contributed by atoms with E-state index in [1.807, 2.05) is 37.3 Å². The molecular formula is C22H17N3O5. The number of nitrogens with zero attached hydrogens (tertiary/aromatic N) is 2. The van der Waals surface area contributed by atoms with E-state index in [9.17, 15) is 14.9 Å². The van der Waals surface area contributed by atoms with Gasteiger partial charge in [-0.05, 0) is 37.3 Å². The summed E-state index contributed by atoms with van der Waals surface area (Å²) in [5.41, 5.74) is 2.95. The van der Waals surface area contributed by atoms with Gasteiger partial charge in [0, 0.05) is 11.4 Å². The molecule has 0 spiro atoms. The predicted octanol–water partition coefficient (Wildman–Crippen LogP) is 4.40. The van der Waals surface area contributed by atoms with Crippen LogP contribution in [0.25, 0.3) is 0 Å². The molecule has 0 aromatic heterocycles. The number of anilines is 2. The topological polar surface area (TPSA) is 93.9 Å². The van der Waals surface area contributed by atoms with Gasteiger partial charge >= 0.3 is 0 Å². The number of rotatable bonds is 3. The summed E-state index contributed by atoms with van der Waals surface area (Å²) in [5.74, 6) is 0.479. The third kappa shape index (κ3) is 2.81. The normalized spacial score (nSPS) is 16.8. The van der Waals surface area contributed by atoms with Crippen LogP contribution in [0.15, 0.2) is 60.7 Å². The highest BCUT2D eigenvalue weighted by molar-refractivity contribution is 6.12. The number of carbonyl (C=O) groups excluding carboxylic acids is 1. The molecule has 1 atom stereocenters. The highest BCUT2D eigenvalue weighted by Gasteiger charge is 2.38. The van der Waals surface area contributed by atoms with Crippen molar-refractivity contribution in [3.8, 4) is 11.5 Å². The van der Waals surface area contributed by atoms with Crippen LogP contribution >= 0.6 is 0 Å². The molecule has 5 rings (SSSR count). The first-order chi connectivity index (χ1) is 14.5. The van der Waals surface area contributed by atoms with Crippen molar-refractivity contribution in [2.45, 2.75) is 13.1 Å². The Bertz CT molecular complexity index is 1180. The van der Waals surface area contributed by atoms with E-state index in [0.29, 0.717) is 34.0 Å². The van der Waals surface area contributed by atoms with E-state index < -0.39 is 11.1 Å². The van der Waals surface area contributed by atoms with Crippen molar-refractivity contribution in [1.29, 1.82) is 0 Å². The first-order valence-electron chi connectivity index (χ1n) is 9.36. The van der Waals surface area contributed by atoms with Crippen molar-refractivity contribution < 1.29 is 19.2 Å². The van der Waals surface area contributed by atoms with Gasteiger partial charge in [0.15, 0.2) is 11.5 Å². The summed E-state index contributed by atoms with van der Waals surface area (Å²) in [4.78, 5) is 26.4. The lowest BCUT2D eigenvalue weighted by Crippen LogP contribution is -2.43. The molecule has 0 bridgehead atoms. The van der Waals surface area contributed by atoms with Gasteiger partial charge in [-0.25, -0.2) is 0 Å². The molecule has 0 unspecified atom stereocenters. The maximum Gasteiger partial charge on any atom is 0.280 e. The van der Waals surface area contributed by atoms with Crippen LogP contribution in [0, 0.1) is 17.0 Å². The average Bonchev–Trinajstić information content (AvgIpc) is 3.21. The van der Waals surface area contributed by atoms with Gasteiger partial charge in [-0.1, -0.05) is 29.8 Å². The highest BCUT2D eigenvalue weighted by atomic mass is 16.7. The van der Waals surface area contributed by atoms with E-state index in [2.05, 4.69) is 5.32 Å². The summed E-state index contributed by atoms with van der Waals surface area (Å²) in [6, 6.07) is 17.5. The van der Waals surface area contributed by atoms with Crippen LogP contribution in [0.5, 0.6) is 11.5 Å². The second-order valence-electron chi connectivity index (χ2n) is 7.12. The lowest BCUT2D eigenvalue weighted by atomic mass is 10.0. The highest BCUT2D eigenvalue weighted by Crippen LogP contribution is 2.44. The monoisotopic (exact) mass is 403 g/mol. The number of nitro groups is 1. The number of nitro benzene ring substituents is 1. The number of nitrogens with one attached hydrogen (secondary N) is 1. The molecule has 8 nitrogen and oxygen atoms in total. The zero-order valence-corrected chi connectivity index (χ0v) is 16.0. The molecule has 0 saturated heterocycles. The van der Waals surface area contributed by atoms with Crippen LogP contribution in [0.4, 0.5) is 17.1 Å². The Labute approximate surface area is 171 Å². The van der Waals surface area contributed by atoms with Gasteiger partial charge in [0.05, 0.1) is 22.1 Å². The summed E-state index contributed by atoms with van der Waals surface area (Å²) < 4.78 is 10.7. The van der Waals surface area contributed by atoms with Crippen LogP contribution in [-0.4, -0.2) is 17.6 Å². The van der Waals surface area contributed by atoms with Crippen LogP contribution in [0.2, 0.25) is 0 Å². The summed E-state index contributed by atoms with van der Waals surface area (Å²) in [7, 11) is 0. The van der Waals surface area contributed by atoms with Crippen molar-refractivity contribution in [2.75, 3.05) is 17.0 Å². The molecule has 30 heavy (non-hydrogen) atoms. The molecule has 1 N–H and O–H groups in total. The number of ether oxygens (including phenoxy) is 2. The summed E-state index contributed by atoms with van der Waals surface area (Å²) in [6.07, 6.45) is -0.801. The molecule has 8 heteroatoms. The third-order valence-corrected chi connectivity index (χ3v) is 5.25. The molecule has 3 aromatic carbocycles. The van der Waals surface area contributed by atoms with Gasteiger partial charge in [-0.2, -0.15) is 0 Å². The quantitative estimate of drug-likeness (QED) is 0.514. The second kappa shape index (κ2) is 6.77. The van der Waals surface area contributed by atoms with Crippen LogP contribution in [0.3, 0.4) is 0 Å². The van der Waals surface area contributed by atoms with Crippen molar-refractivity contribution in [2.24, 2.45) is 0 Å². The first kappa shape index (κ1) is 18.0. The number of fused-ring (bicyclic) bond motifs is 2. The number of hydrogen-bond acceptors (Lipinski definition) is 6. The maximum absolute atomic E-state index is 13.5. The molecule has 3 aromatic rings. The van der Waals surface area contributed by atoms with E-state index in [0.717, 1.165) is 5.56 Å². The Morgan fingerprint density at radius 2 is 1.77 bits per heavy atom. The Morgan fingerprint density at radius 1 is 1.07 bits per heavy atom. The minimum Gasteiger partial charge on any atom is -0.454 e. The number of carbonyl (C=O) groups is 1. The van der Waals surface area contributed by atoms with Crippen molar-refractivity contribution in [3.05, 3.63) is 87.5 Å². The zero-order chi connectivity index (χ0) is 20.8. The molecule has 150 valence electrons. The van der Waals surface area contributed by atoms with E-state index in [4.69, 9.17) is 9.47 Å². The molecule has 0 saturated carbocycles. The average molecular weight is 403 g/mol. The molecular weight excluding hydrogens is 386 g/mol. The molecule has 2 aliphatic rings. The van der Waals surface area contributed by atoms with E-state index >= 15 is 0 Å². The summed E-state index contributed by atoms with van der Waals surface area (Å²) >= 11 is 0. The molecule has 0 fully saturated rings. The Morgan fingerprint density at radius 3 is 2.50 bits per heavy atom. The number of hydrogen-bond donors (Lipinski definition) is 1. The Hall–Kier alpha value is -4.07. The summed E-state index contributed by atoms with van der Waals surface area (Å²) in [5, 5.41) is 15.2. The smallest absolute Gasteiger partial charge is 0.280 e. The SMILES string of the molecule is Cc1ccc(N2C(=O)c3ccccc3N[C@@H]2c2cc3c(cc2[N+](=O)[O-])OCO3)cc1. The third-order valence-electron chi connectivity index (χ3n) is 5.25. The van der Waals surface area contributed by atoms with E-state index in [1.54, 1.807) is 24.3 Å². The van der Waals surface area contributed by atoms with Crippen molar-refractivity contribution in [1.82, 2.24) is 0 Å². The van der Waals surface area contributed by atoms with Gasteiger partial charge in [-0.3, -0.25) is 19.8 Å². The van der Waals surface area contributed by atoms with Crippen LogP contribution in [-0.2, 0) is 0 Å². The standard InChI is InChI=1S/C22H17N3O5/c1-13-6-8-14(9-7-13)24-21(23-17-5-3-2-4-15(17)22(24)26)16-10-19-20(30-12-29-19)11-18(16)25(27)28/h2-11,21,23H,12H2,1H3/t21-/m0/s1. The zero-order valence-electron chi connectivity index (χ0n) is 16.0. The van der Waals surface area contributed by atoms with E-state index in [1.165, 1.54) is 11.0 Å². The molecule has 0 radical (unpaired) electrons. The van der Waals surface area contributed by atoms with Crippen LogP contribution in [0.1, 0.15) is 27.7 Å². The van der Waals surface area contributed by atoms with E-state index in [-0.39, 0.29) is 18.4 Å². The Kier molecular flexibility index (Phi) is 4.06. The number of para-hydroxylation sites is 1. The lowest BCUT2D eigenvalue weighted by molar-refractivity contribution is -0.385. The van der Waals surface area contributed by atoms with Gasteiger partial charge < -0.3 is 14.8 Å². The minimum absolute atomic E-state index is 0.00250. The van der Waals surface area contributed by atoms with Crippen LogP contribution < -0.4 is 19.7 Å². The van der Waals surface area contributed by atoms with Crippen molar-refractivity contribution >= 4 is 23.0 Å². The number of amides is 1. The van der Waals surface area contributed by atoms with Crippen molar-refractivity contribution in [3.63, 3.8) is 0 Å². The number of aryl methyl sites for hydroxylation is 1. The fraction of sp³-hybridized carbons (Fsp3) is 0.136. The molecule has 2 heterocycles. The lowest BCUT2D eigenvalue weighted by Gasteiger charge is -2.38. The van der Waals surface area contributed by atoms with Gasteiger partial charge in [0.25, 0.3) is 11.6 Å². The number of benzene rings is 3. The van der Waals surface area contributed by atoms with Gasteiger partial charge in [0.1, 0.15) is 6.17 Å². The molecule has 1 amide bonds. The second-order valence-corrected chi connectivity index (χ2v) is 7.12. The Balaban J connectivity index is 1.72. The van der Waals surface area contributed by atoms with Gasteiger partial charge in [0.2, 0.25) is 6.79 Å². The first-order valence-corrected chi connectivity index (χ1v) is 9.36. The molecule has 2 aliphatic heterocycles. The largest absolute Gasteiger partial charge is 0.454 e.